The summed E-state index contributed by atoms with van der Waals surface area (Å²) >= 11 is 0. The van der Waals surface area contributed by atoms with E-state index < -0.39 is 6.04 Å². The molecule has 21 heavy (non-hydrogen) atoms. The molecule has 6 nitrogen and oxygen atoms in total. The summed E-state index contributed by atoms with van der Waals surface area (Å²) < 4.78 is 0. The van der Waals surface area contributed by atoms with Crippen LogP contribution in [0.15, 0.2) is 24.3 Å². The molecule has 3 amide bonds. The molecule has 0 heterocycles. The fourth-order valence-corrected chi connectivity index (χ4v) is 1.78. The Morgan fingerprint density at radius 1 is 1.14 bits per heavy atom. The Morgan fingerprint density at radius 3 is 2.29 bits per heavy atom. The molecule has 1 aromatic rings. The number of anilines is 1. The van der Waals surface area contributed by atoms with Crippen molar-refractivity contribution in [2.24, 2.45) is 0 Å². The first-order chi connectivity index (χ1) is 9.92. The van der Waals surface area contributed by atoms with E-state index in [-0.39, 0.29) is 24.1 Å². The standard InChI is InChI=1S/C15H21N3O3/c1-4-16-15(21)10(2)17-14(20)9-12-5-7-13(8-6-12)18-11(3)19/h5-8,10H,4,9H2,1-3H3,(H,16,21)(H,17,20)(H,18,19)/t10-/m0/s1. The van der Waals surface area contributed by atoms with Gasteiger partial charge in [0.05, 0.1) is 6.42 Å². The van der Waals surface area contributed by atoms with E-state index in [9.17, 15) is 14.4 Å². The van der Waals surface area contributed by atoms with Gasteiger partial charge >= 0.3 is 0 Å². The Kier molecular flexibility index (Phi) is 6.39. The molecule has 0 aliphatic heterocycles. The molecule has 114 valence electrons. The summed E-state index contributed by atoms with van der Waals surface area (Å²) in [4.78, 5) is 34.2. The first-order valence-corrected chi connectivity index (χ1v) is 6.86. The van der Waals surface area contributed by atoms with Crippen molar-refractivity contribution in [1.82, 2.24) is 10.6 Å². The topological polar surface area (TPSA) is 87.3 Å². The van der Waals surface area contributed by atoms with E-state index in [4.69, 9.17) is 0 Å². The van der Waals surface area contributed by atoms with Gasteiger partial charge in [-0.1, -0.05) is 12.1 Å². The van der Waals surface area contributed by atoms with Crippen LogP contribution in [-0.4, -0.2) is 30.3 Å². The molecule has 0 unspecified atom stereocenters. The Labute approximate surface area is 124 Å². The van der Waals surface area contributed by atoms with Crippen LogP contribution in [0.2, 0.25) is 0 Å². The first kappa shape index (κ1) is 16.7. The lowest BCUT2D eigenvalue weighted by molar-refractivity contribution is -0.128. The number of carbonyl (C=O) groups is 3. The Hall–Kier alpha value is -2.37. The molecule has 0 aliphatic rings. The van der Waals surface area contributed by atoms with Crippen LogP contribution >= 0.6 is 0 Å². The van der Waals surface area contributed by atoms with Gasteiger partial charge in [0.2, 0.25) is 17.7 Å². The van der Waals surface area contributed by atoms with Gasteiger partial charge in [0, 0.05) is 19.2 Å². The average Bonchev–Trinajstić information content (AvgIpc) is 2.40. The summed E-state index contributed by atoms with van der Waals surface area (Å²) in [6.07, 6.45) is 0.185. The molecule has 0 fully saturated rings. The minimum atomic E-state index is -0.559. The van der Waals surface area contributed by atoms with Crippen LogP contribution < -0.4 is 16.0 Å². The Bertz CT molecular complexity index is 511. The van der Waals surface area contributed by atoms with Crippen LogP contribution in [0.25, 0.3) is 0 Å². The minimum Gasteiger partial charge on any atom is -0.355 e. The molecule has 6 heteroatoms. The predicted octanol–water partition coefficient (Wildman–Crippen LogP) is 0.828. The van der Waals surface area contributed by atoms with Crippen LogP contribution in [0.1, 0.15) is 26.3 Å². The number of rotatable bonds is 6. The highest BCUT2D eigenvalue weighted by Gasteiger charge is 2.14. The number of likely N-dealkylation sites (N-methyl/N-ethyl adjacent to an activating group) is 1. The van der Waals surface area contributed by atoms with Gasteiger partial charge in [0.25, 0.3) is 0 Å². The van der Waals surface area contributed by atoms with Gasteiger partial charge < -0.3 is 16.0 Å². The lowest BCUT2D eigenvalue weighted by Crippen LogP contribution is -2.45. The molecule has 1 rings (SSSR count). The van der Waals surface area contributed by atoms with Crippen molar-refractivity contribution >= 4 is 23.4 Å². The normalized spacial score (nSPS) is 11.4. The molecule has 1 aromatic carbocycles. The number of amides is 3. The van der Waals surface area contributed by atoms with E-state index in [1.165, 1.54) is 6.92 Å². The Balaban J connectivity index is 2.51. The van der Waals surface area contributed by atoms with Crippen molar-refractivity contribution in [2.75, 3.05) is 11.9 Å². The van der Waals surface area contributed by atoms with Crippen LogP contribution in [0, 0.1) is 0 Å². The second-order valence-corrected chi connectivity index (χ2v) is 4.74. The first-order valence-electron chi connectivity index (χ1n) is 6.86. The van der Waals surface area contributed by atoms with Gasteiger partial charge in [-0.3, -0.25) is 14.4 Å². The maximum Gasteiger partial charge on any atom is 0.242 e. The molecular weight excluding hydrogens is 270 g/mol. The third-order valence-electron chi connectivity index (χ3n) is 2.76. The van der Waals surface area contributed by atoms with E-state index >= 15 is 0 Å². The molecule has 0 aliphatic carbocycles. The zero-order valence-electron chi connectivity index (χ0n) is 12.5. The fraction of sp³-hybridized carbons (Fsp3) is 0.400. The number of nitrogens with one attached hydrogen (secondary N) is 3. The van der Waals surface area contributed by atoms with Crippen molar-refractivity contribution in [3.05, 3.63) is 29.8 Å². The molecule has 0 radical (unpaired) electrons. The average molecular weight is 291 g/mol. The van der Waals surface area contributed by atoms with Gasteiger partial charge in [0.15, 0.2) is 0 Å². The van der Waals surface area contributed by atoms with Crippen LogP contribution in [0.4, 0.5) is 5.69 Å². The van der Waals surface area contributed by atoms with Crippen LogP contribution in [0.3, 0.4) is 0 Å². The molecule has 0 aromatic heterocycles. The molecule has 1 atom stereocenters. The second-order valence-electron chi connectivity index (χ2n) is 4.74. The largest absolute Gasteiger partial charge is 0.355 e. The molecule has 0 saturated heterocycles. The van der Waals surface area contributed by atoms with E-state index in [1.807, 2.05) is 6.92 Å². The Morgan fingerprint density at radius 2 is 1.76 bits per heavy atom. The van der Waals surface area contributed by atoms with Gasteiger partial charge in [-0.2, -0.15) is 0 Å². The maximum absolute atomic E-state index is 11.8. The van der Waals surface area contributed by atoms with E-state index in [1.54, 1.807) is 31.2 Å². The number of benzene rings is 1. The quantitative estimate of drug-likeness (QED) is 0.725. The summed E-state index contributed by atoms with van der Waals surface area (Å²) in [6.45, 7) is 5.43. The van der Waals surface area contributed by atoms with Crippen LogP contribution in [-0.2, 0) is 20.8 Å². The van der Waals surface area contributed by atoms with Gasteiger partial charge in [-0.15, -0.1) is 0 Å². The molecular formula is C15H21N3O3. The van der Waals surface area contributed by atoms with Crippen molar-refractivity contribution in [3.63, 3.8) is 0 Å². The minimum absolute atomic E-state index is 0.142. The van der Waals surface area contributed by atoms with Crippen molar-refractivity contribution in [3.8, 4) is 0 Å². The summed E-state index contributed by atoms with van der Waals surface area (Å²) in [5.74, 6) is -0.566. The van der Waals surface area contributed by atoms with Crippen molar-refractivity contribution in [1.29, 1.82) is 0 Å². The monoisotopic (exact) mass is 291 g/mol. The summed E-state index contributed by atoms with van der Waals surface area (Å²) in [6, 6.07) is 6.44. The maximum atomic E-state index is 11.8. The van der Waals surface area contributed by atoms with Gasteiger partial charge in [-0.05, 0) is 31.5 Å². The predicted molar refractivity (Wildman–Crippen MR) is 80.7 cm³/mol. The number of carbonyl (C=O) groups excluding carboxylic acids is 3. The molecule has 0 spiro atoms. The van der Waals surface area contributed by atoms with Gasteiger partial charge in [0.1, 0.15) is 6.04 Å². The van der Waals surface area contributed by atoms with Crippen molar-refractivity contribution < 1.29 is 14.4 Å². The summed E-state index contributed by atoms with van der Waals surface area (Å²) in [5.41, 5.74) is 1.49. The number of hydrogen-bond donors (Lipinski definition) is 3. The van der Waals surface area contributed by atoms with E-state index in [0.717, 1.165) is 5.56 Å². The molecule has 3 N–H and O–H groups in total. The van der Waals surface area contributed by atoms with Gasteiger partial charge in [-0.25, -0.2) is 0 Å². The van der Waals surface area contributed by atoms with E-state index in [2.05, 4.69) is 16.0 Å². The summed E-state index contributed by atoms with van der Waals surface area (Å²) in [5, 5.41) is 7.94. The van der Waals surface area contributed by atoms with Crippen molar-refractivity contribution in [2.45, 2.75) is 33.2 Å². The zero-order valence-corrected chi connectivity index (χ0v) is 12.5. The third-order valence-corrected chi connectivity index (χ3v) is 2.76. The second kappa shape index (κ2) is 8.04. The highest BCUT2D eigenvalue weighted by atomic mass is 16.2. The molecule has 0 saturated carbocycles. The summed E-state index contributed by atoms with van der Waals surface area (Å²) in [7, 11) is 0. The number of hydrogen-bond acceptors (Lipinski definition) is 3. The van der Waals surface area contributed by atoms with Crippen LogP contribution in [0.5, 0.6) is 0 Å². The molecule has 0 bridgehead atoms. The SMILES string of the molecule is CCNC(=O)[C@H](C)NC(=O)Cc1ccc(NC(C)=O)cc1. The zero-order chi connectivity index (χ0) is 15.8. The third kappa shape index (κ3) is 6.07. The fourth-order valence-electron chi connectivity index (χ4n) is 1.78. The smallest absolute Gasteiger partial charge is 0.242 e. The highest BCUT2D eigenvalue weighted by molar-refractivity contribution is 5.89. The lowest BCUT2D eigenvalue weighted by Gasteiger charge is -2.13. The van der Waals surface area contributed by atoms with E-state index in [0.29, 0.717) is 12.2 Å². The highest BCUT2D eigenvalue weighted by Crippen LogP contribution is 2.10. The lowest BCUT2D eigenvalue weighted by atomic mass is 10.1.